The fraction of sp³-hybridized carbons (Fsp3) is 0.579. The number of amides is 1. The molecule has 1 aromatic rings. The zero-order chi connectivity index (χ0) is 16.7. The highest BCUT2D eigenvalue weighted by molar-refractivity contribution is 14.1. The second-order valence-electron chi connectivity index (χ2n) is 8.08. The summed E-state index contributed by atoms with van der Waals surface area (Å²) in [6.07, 6.45) is 8.63. The average Bonchev–Trinajstić information content (AvgIpc) is 2.47. The van der Waals surface area contributed by atoms with Crippen molar-refractivity contribution in [2.24, 2.45) is 23.2 Å². The van der Waals surface area contributed by atoms with Gasteiger partial charge in [-0.25, -0.2) is 0 Å². The Labute approximate surface area is 162 Å². The molecular formula is C19H23IN2OS. The van der Waals surface area contributed by atoms with Gasteiger partial charge in [0.1, 0.15) is 0 Å². The Morgan fingerprint density at radius 2 is 1.71 bits per heavy atom. The van der Waals surface area contributed by atoms with E-state index in [4.69, 9.17) is 12.2 Å². The number of halogens is 1. The van der Waals surface area contributed by atoms with Crippen LogP contribution < -0.4 is 10.6 Å². The van der Waals surface area contributed by atoms with Crippen molar-refractivity contribution in [3.05, 3.63) is 27.8 Å². The predicted octanol–water partition coefficient (Wildman–Crippen LogP) is 4.71. The molecular weight excluding hydrogens is 431 g/mol. The summed E-state index contributed by atoms with van der Waals surface area (Å²) in [5, 5.41) is 6.46. The molecule has 0 aromatic heterocycles. The number of nitrogens with one attached hydrogen (secondary N) is 2. The molecule has 0 spiro atoms. The van der Waals surface area contributed by atoms with Crippen LogP contribution in [0.15, 0.2) is 24.3 Å². The summed E-state index contributed by atoms with van der Waals surface area (Å²) in [5.41, 5.74) is 1.20. The molecule has 2 N–H and O–H groups in total. The fourth-order valence-corrected chi connectivity index (χ4v) is 6.48. The van der Waals surface area contributed by atoms with E-state index in [1.807, 2.05) is 24.3 Å². The smallest absolute Gasteiger partial charge is 0.226 e. The van der Waals surface area contributed by atoms with Crippen LogP contribution in [0.25, 0.3) is 0 Å². The molecule has 4 bridgehead atoms. The van der Waals surface area contributed by atoms with Crippen molar-refractivity contribution in [2.45, 2.75) is 44.9 Å². The van der Waals surface area contributed by atoms with Crippen LogP contribution in [0.4, 0.5) is 5.69 Å². The van der Waals surface area contributed by atoms with Gasteiger partial charge in [-0.2, -0.15) is 0 Å². The zero-order valence-corrected chi connectivity index (χ0v) is 16.7. The average molecular weight is 454 g/mol. The molecule has 5 heteroatoms. The van der Waals surface area contributed by atoms with Gasteiger partial charge in [0.25, 0.3) is 0 Å². The van der Waals surface area contributed by atoms with Gasteiger partial charge in [-0.05, 0) is 109 Å². The van der Waals surface area contributed by atoms with E-state index in [0.717, 1.165) is 27.0 Å². The molecule has 4 aliphatic carbocycles. The number of hydrogen-bond acceptors (Lipinski definition) is 2. The van der Waals surface area contributed by atoms with Gasteiger partial charge in [-0.1, -0.05) is 12.1 Å². The number of rotatable bonds is 3. The number of carbonyl (C=O) groups excluding carboxylic acids is 1. The van der Waals surface area contributed by atoms with E-state index in [1.165, 1.54) is 38.5 Å². The third kappa shape index (κ3) is 3.47. The van der Waals surface area contributed by atoms with Crippen molar-refractivity contribution in [1.82, 2.24) is 5.32 Å². The first-order valence-electron chi connectivity index (χ1n) is 8.87. The van der Waals surface area contributed by atoms with Crippen molar-refractivity contribution in [2.75, 3.05) is 5.32 Å². The molecule has 24 heavy (non-hydrogen) atoms. The highest BCUT2D eigenvalue weighted by Crippen LogP contribution is 2.61. The van der Waals surface area contributed by atoms with E-state index in [9.17, 15) is 4.79 Å². The van der Waals surface area contributed by atoms with Gasteiger partial charge in [-0.3, -0.25) is 4.79 Å². The van der Waals surface area contributed by atoms with Crippen LogP contribution >= 0.6 is 34.8 Å². The summed E-state index contributed by atoms with van der Waals surface area (Å²) in [4.78, 5) is 12.6. The SMILES string of the molecule is O=C(CC12CC3CC(CC(C3)C1)C2)NC(=S)Nc1ccccc1I. The number of anilines is 1. The van der Waals surface area contributed by atoms with Gasteiger partial charge in [-0.15, -0.1) is 0 Å². The van der Waals surface area contributed by atoms with Gasteiger partial charge in [0.2, 0.25) is 5.91 Å². The van der Waals surface area contributed by atoms with E-state index in [2.05, 4.69) is 33.2 Å². The van der Waals surface area contributed by atoms with Crippen LogP contribution in [0.1, 0.15) is 44.9 Å². The Morgan fingerprint density at radius 1 is 1.12 bits per heavy atom. The Bertz CT molecular complexity index is 640. The third-order valence-corrected chi connectivity index (χ3v) is 7.22. The molecule has 1 amide bonds. The van der Waals surface area contributed by atoms with E-state index < -0.39 is 0 Å². The molecule has 0 heterocycles. The Morgan fingerprint density at radius 3 is 2.29 bits per heavy atom. The van der Waals surface area contributed by atoms with Crippen LogP contribution in [0.5, 0.6) is 0 Å². The minimum absolute atomic E-state index is 0.0837. The van der Waals surface area contributed by atoms with E-state index >= 15 is 0 Å². The van der Waals surface area contributed by atoms with Crippen molar-refractivity contribution in [3.63, 3.8) is 0 Å². The third-order valence-electron chi connectivity index (χ3n) is 6.08. The Hall–Kier alpha value is -0.690. The van der Waals surface area contributed by atoms with Crippen molar-refractivity contribution in [3.8, 4) is 0 Å². The summed E-state index contributed by atoms with van der Waals surface area (Å²) in [6.45, 7) is 0. The minimum Gasteiger partial charge on any atom is -0.332 e. The maximum absolute atomic E-state index is 12.6. The topological polar surface area (TPSA) is 41.1 Å². The first-order valence-corrected chi connectivity index (χ1v) is 10.4. The van der Waals surface area contributed by atoms with E-state index in [0.29, 0.717) is 11.5 Å². The molecule has 128 valence electrons. The number of benzene rings is 1. The van der Waals surface area contributed by atoms with Crippen LogP contribution in [0.2, 0.25) is 0 Å². The van der Waals surface area contributed by atoms with Crippen LogP contribution in [-0.2, 0) is 4.79 Å². The first kappa shape index (κ1) is 16.8. The van der Waals surface area contributed by atoms with Gasteiger partial charge in [0, 0.05) is 9.99 Å². The maximum Gasteiger partial charge on any atom is 0.226 e. The monoisotopic (exact) mass is 454 g/mol. The number of hydrogen-bond donors (Lipinski definition) is 2. The Kier molecular flexibility index (Phi) is 4.58. The number of carbonyl (C=O) groups is 1. The summed E-state index contributed by atoms with van der Waals surface area (Å²) >= 11 is 7.60. The lowest BCUT2D eigenvalue weighted by molar-refractivity contribution is -0.127. The van der Waals surface area contributed by atoms with Crippen LogP contribution in [0, 0.1) is 26.7 Å². The van der Waals surface area contributed by atoms with Crippen molar-refractivity contribution < 1.29 is 4.79 Å². The van der Waals surface area contributed by atoms with Crippen LogP contribution in [-0.4, -0.2) is 11.0 Å². The van der Waals surface area contributed by atoms with Gasteiger partial charge in [0.05, 0.1) is 5.69 Å². The maximum atomic E-state index is 12.6. The minimum atomic E-state index is 0.0837. The lowest BCUT2D eigenvalue weighted by Gasteiger charge is -2.56. The molecule has 3 nitrogen and oxygen atoms in total. The summed E-state index contributed by atoms with van der Waals surface area (Å²) in [6, 6.07) is 7.94. The molecule has 0 atom stereocenters. The first-order chi connectivity index (χ1) is 11.5. The van der Waals surface area contributed by atoms with Gasteiger partial charge in [0.15, 0.2) is 5.11 Å². The van der Waals surface area contributed by atoms with Gasteiger partial charge >= 0.3 is 0 Å². The zero-order valence-electron chi connectivity index (χ0n) is 13.7. The summed E-state index contributed by atoms with van der Waals surface area (Å²) in [5.74, 6) is 2.71. The molecule has 0 unspecified atom stereocenters. The second kappa shape index (κ2) is 6.56. The number of thiocarbonyl (C=S) groups is 1. The molecule has 4 aliphatic rings. The number of para-hydroxylation sites is 1. The fourth-order valence-electron chi connectivity index (χ4n) is 5.73. The molecule has 5 rings (SSSR count). The van der Waals surface area contributed by atoms with Crippen molar-refractivity contribution >= 4 is 51.5 Å². The van der Waals surface area contributed by atoms with Crippen LogP contribution in [0.3, 0.4) is 0 Å². The second-order valence-corrected chi connectivity index (χ2v) is 9.65. The van der Waals surface area contributed by atoms with Crippen molar-refractivity contribution in [1.29, 1.82) is 0 Å². The largest absolute Gasteiger partial charge is 0.332 e. The van der Waals surface area contributed by atoms with E-state index in [-0.39, 0.29) is 11.3 Å². The molecule has 0 aliphatic heterocycles. The summed E-state index contributed by atoms with van der Waals surface area (Å²) in [7, 11) is 0. The quantitative estimate of drug-likeness (QED) is 0.514. The molecule has 4 saturated carbocycles. The normalized spacial score (nSPS) is 33.3. The summed E-state index contributed by atoms with van der Waals surface area (Å²) < 4.78 is 1.09. The molecule has 1 aromatic carbocycles. The standard InChI is InChI=1S/C19H23IN2OS/c20-15-3-1-2-4-16(15)21-18(24)22-17(23)11-19-8-12-5-13(9-19)7-14(6-12)10-19/h1-4,12-14H,5-11H2,(H2,21,22,23,24). The molecule has 4 fully saturated rings. The Balaban J connectivity index is 1.35. The molecule has 0 radical (unpaired) electrons. The highest BCUT2D eigenvalue weighted by Gasteiger charge is 2.51. The predicted molar refractivity (Wildman–Crippen MR) is 109 cm³/mol. The lowest BCUT2D eigenvalue weighted by atomic mass is 9.49. The lowest BCUT2D eigenvalue weighted by Crippen LogP contribution is -2.48. The highest BCUT2D eigenvalue weighted by atomic mass is 127. The van der Waals surface area contributed by atoms with E-state index in [1.54, 1.807) is 0 Å². The van der Waals surface area contributed by atoms with Gasteiger partial charge < -0.3 is 10.6 Å². The molecule has 0 saturated heterocycles.